The van der Waals surface area contributed by atoms with Gasteiger partial charge in [0, 0.05) is 54.7 Å². The van der Waals surface area contributed by atoms with Gasteiger partial charge in [-0.3, -0.25) is 14.8 Å². The Morgan fingerprint density at radius 1 is 1.06 bits per heavy atom. The first kappa shape index (κ1) is 20.8. The highest BCUT2D eigenvalue weighted by atomic mass is 16.6. The van der Waals surface area contributed by atoms with Crippen LogP contribution in [0.25, 0.3) is 10.9 Å². The Morgan fingerprint density at radius 2 is 1.94 bits per heavy atom. The minimum atomic E-state index is -0.245. The number of anilines is 2. The van der Waals surface area contributed by atoms with E-state index in [0.29, 0.717) is 19.2 Å². The van der Waals surface area contributed by atoms with Crippen LogP contribution < -0.4 is 9.80 Å². The van der Waals surface area contributed by atoms with Crippen molar-refractivity contribution >= 4 is 28.4 Å². The molecule has 2 saturated heterocycles. The molecule has 0 bridgehead atoms. The van der Waals surface area contributed by atoms with Gasteiger partial charge in [0.1, 0.15) is 6.61 Å². The van der Waals surface area contributed by atoms with E-state index in [1.807, 2.05) is 19.1 Å². The lowest BCUT2D eigenvalue weighted by Crippen LogP contribution is -2.52. The number of aryl methyl sites for hydroxylation is 1. The topological polar surface area (TPSA) is 48.9 Å². The van der Waals surface area contributed by atoms with E-state index in [1.54, 1.807) is 4.90 Å². The molecule has 0 saturated carbocycles. The lowest BCUT2D eigenvalue weighted by atomic mass is 10.1. The Balaban J connectivity index is 1.23. The molecular formula is C26H30N4O2. The van der Waals surface area contributed by atoms with E-state index >= 15 is 0 Å². The second-order valence-corrected chi connectivity index (χ2v) is 8.81. The van der Waals surface area contributed by atoms with Gasteiger partial charge in [-0.25, -0.2) is 4.79 Å². The molecule has 2 fully saturated rings. The number of hydrogen-bond acceptors (Lipinski definition) is 5. The van der Waals surface area contributed by atoms with Gasteiger partial charge in [0.2, 0.25) is 0 Å². The molecule has 0 spiro atoms. The van der Waals surface area contributed by atoms with Crippen molar-refractivity contribution in [3.63, 3.8) is 0 Å². The van der Waals surface area contributed by atoms with Gasteiger partial charge in [-0.05, 0) is 62.2 Å². The first-order valence-electron chi connectivity index (χ1n) is 11.5. The maximum absolute atomic E-state index is 11.9. The van der Waals surface area contributed by atoms with E-state index in [0.717, 1.165) is 49.5 Å². The third kappa shape index (κ3) is 4.15. The van der Waals surface area contributed by atoms with Crippen molar-refractivity contribution in [1.82, 2.24) is 9.88 Å². The Morgan fingerprint density at radius 3 is 2.75 bits per heavy atom. The molecule has 0 radical (unpaired) electrons. The summed E-state index contributed by atoms with van der Waals surface area (Å²) in [7, 11) is 0. The van der Waals surface area contributed by atoms with Crippen LogP contribution in [0.4, 0.5) is 16.2 Å². The van der Waals surface area contributed by atoms with Gasteiger partial charge in [-0.15, -0.1) is 0 Å². The van der Waals surface area contributed by atoms with Crippen LogP contribution >= 0.6 is 0 Å². The van der Waals surface area contributed by atoms with Gasteiger partial charge in [-0.1, -0.05) is 18.2 Å². The van der Waals surface area contributed by atoms with Crippen LogP contribution in [0, 0.1) is 6.92 Å². The lowest BCUT2D eigenvalue weighted by Gasteiger charge is -2.41. The zero-order valence-electron chi connectivity index (χ0n) is 18.8. The van der Waals surface area contributed by atoms with Gasteiger partial charge < -0.3 is 9.64 Å². The number of hydrogen-bond donors (Lipinski definition) is 0. The average Bonchev–Trinajstić information content (AvgIpc) is 3.23. The highest BCUT2D eigenvalue weighted by Gasteiger charge is 2.26. The molecule has 0 unspecified atom stereocenters. The van der Waals surface area contributed by atoms with Crippen LogP contribution in [0.3, 0.4) is 0 Å². The van der Waals surface area contributed by atoms with E-state index in [2.05, 4.69) is 59.2 Å². The van der Waals surface area contributed by atoms with E-state index in [-0.39, 0.29) is 6.09 Å². The fraction of sp³-hybridized carbons (Fsp3) is 0.385. The molecule has 3 heterocycles. The summed E-state index contributed by atoms with van der Waals surface area (Å²) in [5.74, 6) is 0. The van der Waals surface area contributed by atoms with Crippen LogP contribution in [0.5, 0.6) is 0 Å². The molecule has 0 aliphatic carbocycles. The number of aromatic nitrogens is 1. The lowest BCUT2D eigenvalue weighted by molar-refractivity contribution is 0.181. The minimum absolute atomic E-state index is 0.245. The van der Waals surface area contributed by atoms with Gasteiger partial charge >= 0.3 is 6.09 Å². The zero-order valence-corrected chi connectivity index (χ0v) is 18.8. The van der Waals surface area contributed by atoms with Crippen molar-refractivity contribution in [3.05, 3.63) is 65.9 Å². The average molecular weight is 431 g/mol. The van der Waals surface area contributed by atoms with E-state index in [9.17, 15) is 4.79 Å². The fourth-order valence-electron chi connectivity index (χ4n) is 4.84. The molecule has 3 aromatic rings. The van der Waals surface area contributed by atoms with Crippen LogP contribution in [0.15, 0.2) is 54.6 Å². The molecule has 1 aromatic heterocycles. The summed E-state index contributed by atoms with van der Waals surface area (Å²) in [6.45, 7) is 9.52. The molecule has 6 nitrogen and oxygen atoms in total. The molecule has 2 aliphatic heterocycles. The van der Waals surface area contributed by atoms with Crippen molar-refractivity contribution in [1.29, 1.82) is 0 Å². The summed E-state index contributed by atoms with van der Waals surface area (Å²) in [6.07, 6.45) is 0.726. The number of rotatable bonds is 5. The minimum Gasteiger partial charge on any atom is -0.447 e. The standard InChI is InChI=1S/C26H30N4O2/c1-19-9-10-23-24(27-19)7-4-8-25(23)29-14-13-28(20(2)18-29)12-11-21-5-3-6-22(17-21)30-15-16-32-26(30)31/h3-10,17,20H,11-16,18H2,1-2H3/t20-/m1/s1. The van der Waals surface area contributed by atoms with Gasteiger partial charge in [0.15, 0.2) is 0 Å². The SMILES string of the molecule is Cc1ccc2c(N3CCN(CCc4cccc(N5CCOC5=O)c4)[C@H](C)C3)cccc2n1. The van der Waals surface area contributed by atoms with Crippen LogP contribution in [0.2, 0.25) is 0 Å². The number of ether oxygens (including phenoxy) is 1. The highest BCUT2D eigenvalue weighted by Crippen LogP contribution is 2.28. The van der Waals surface area contributed by atoms with E-state index < -0.39 is 0 Å². The summed E-state index contributed by atoms with van der Waals surface area (Å²) in [5.41, 5.74) is 5.60. The maximum atomic E-state index is 11.9. The third-order valence-corrected chi connectivity index (χ3v) is 6.62. The van der Waals surface area contributed by atoms with Gasteiger partial charge in [0.05, 0.1) is 12.1 Å². The number of amides is 1. The smallest absolute Gasteiger partial charge is 0.414 e. The molecule has 2 aliphatic rings. The number of nitrogens with zero attached hydrogens (tertiary/aromatic N) is 4. The summed E-state index contributed by atoms with van der Waals surface area (Å²) in [6, 6.07) is 19.5. The number of cyclic esters (lactones) is 1. The Kier molecular flexibility index (Phi) is 5.70. The quantitative estimate of drug-likeness (QED) is 0.606. The predicted octanol–water partition coefficient (Wildman–Crippen LogP) is 4.25. The summed E-state index contributed by atoms with van der Waals surface area (Å²) in [5, 5.41) is 1.23. The molecule has 166 valence electrons. The molecule has 5 rings (SSSR count). The Hall–Kier alpha value is -3.12. The van der Waals surface area contributed by atoms with E-state index in [1.165, 1.54) is 16.6 Å². The van der Waals surface area contributed by atoms with Crippen molar-refractivity contribution in [2.75, 3.05) is 49.1 Å². The number of benzene rings is 2. The third-order valence-electron chi connectivity index (χ3n) is 6.62. The van der Waals surface area contributed by atoms with Crippen LogP contribution in [-0.2, 0) is 11.2 Å². The Bertz CT molecular complexity index is 1130. The van der Waals surface area contributed by atoms with Crippen molar-refractivity contribution < 1.29 is 9.53 Å². The van der Waals surface area contributed by atoms with Crippen LogP contribution in [-0.4, -0.2) is 61.3 Å². The number of piperazine rings is 1. The molecule has 2 aromatic carbocycles. The van der Waals surface area contributed by atoms with E-state index in [4.69, 9.17) is 9.72 Å². The number of carbonyl (C=O) groups is 1. The Labute approximate surface area is 189 Å². The normalized spacial score (nSPS) is 19.6. The number of fused-ring (bicyclic) bond motifs is 1. The maximum Gasteiger partial charge on any atom is 0.414 e. The second kappa shape index (κ2) is 8.79. The molecule has 1 atom stereocenters. The van der Waals surface area contributed by atoms with Crippen molar-refractivity contribution in [2.24, 2.45) is 0 Å². The molecule has 0 N–H and O–H groups in total. The van der Waals surface area contributed by atoms with Crippen LogP contribution in [0.1, 0.15) is 18.2 Å². The molecular weight excluding hydrogens is 400 g/mol. The summed E-state index contributed by atoms with van der Waals surface area (Å²) >= 11 is 0. The van der Waals surface area contributed by atoms with Gasteiger partial charge in [0.25, 0.3) is 0 Å². The summed E-state index contributed by atoms with van der Waals surface area (Å²) in [4.78, 5) is 23.4. The summed E-state index contributed by atoms with van der Waals surface area (Å²) < 4.78 is 5.08. The van der Waals surface area contributed by atoms with Crippen molar-refractivity contribution in [2.45, 2.75) is 26.3 Å². The fourth-order valence-corrected chi connectivity index (χ4v) is 4.84. The predicted molar refractivity (Wildman–Crippen MR) is 129 cm³/mol. The highest BCUT2D eigenvalue weighted by molar-refractivity contribution is 5.92. The zero-order chi connectivity index (χ0) is 22.1. The monoisotopic (exact) mass is 430 g/mol. The largest absolute Gasteiger partial charge is 0.447 e. The number of pyridine rings is 1. The molecule has 1 amide bonds. The number of carbonyl (C=O) groups excluding carboxylic acids is 1. The van der Waals surface area contributed by atoms with Crippen molar-refractivity contribution in [3.8, 4) is 0 Å². The molecule has 6 heteroatoms. The molecule has 32 heavy (non-hydrogen) atoms. The second-order valence-electron chi connectivity index (χ2n) is 8.81. The van der Waals surface area contributed by atoms with Gasteiger partial charge in [-0.2, -0.15) is 0 Å². The first-order chi connectivity index (χ1) is 15.6. The first-order valence-corrected chi connectivity index (χ1v) is 11.5.